The van der Waals surface area contributed by atoms with E-state index in [1.54, 1.807) is 6.20 Å². The molecule has 0 spiro atoms. The third-order valence-corrected chi connectivity index (χ3v) is 4.13. The number of hydrogen-bond donors (Lipinski definition) is 0. The summed E-state index contributed by atoms with van der Waals surface area (Å²) in [6, 6.07) is 2.13. The van der Waals surface area contributed by atoms with E-state index < -0.39 is 0 Å². The molecule has 4 heteroatoms. The van der Waals surface area contributed by atoms with E-state index in [0.717, 1.165) is 43.7 Å². The number of aryl methyl sites for hydroxylation is 1. The molecule has 1 aromatic rings. The molecule has 1 aromatic heterocycles. The van der Waals surface area contributed by atoms with Crippen molar-refractivity contribution in [1.82, 2.24) is 14.9 Å². The molecule has 4 nitrogen and oxygen atoms in total. The van der Waals surface area contributed by atoms with Gasteiger partial charge in [0.15, 0.2) is 0 Å². The van der Waals surface area contributed by atoms with Gasteiger partial charge in [0.1, 0.15) is 5.82 Å². The van der Waals surface area contributed by atoms with E-state index in [0.29, 0.717) is 5.91 Å². The van der Waals surface area contributed by atoms with Crippen LogP contribution in [0.5, 0.6) is 0 Å². The Kier molecular flexibility index (Phi) is 3.02. The summed E-state index contributed by atoms with van der Waals surface area (Å²) >= 11 is 0. The average molecular weight is 245 g/mol. The van der Waals surface area contributed by atoms with Crippen molar-refractivity contribution in [1.29, 1.82) is 0 Å². The molecule has 3 rings (SSSR count). The second kappa shape index (κ2) is 4.67. The summed E-state index contributed by atoms with van der Waals surface area (Å²) in [5.41, 5.74) is 1.01. The zero-order valence-electron chi connectivity index (χ0n) is 10.8. The van der Waals surface area contributed by atoms with Crippen LogP contribution in [0.2, 0.25) is 0 Å². The van der Waals surface area contributed by atoms with Crippen molar-refractivity contribution in [3.8, 4) is 0 Å². The lowest BCUT2D eigenvalue weighted by molar-refractivity contribution is -0.139. The molecule has 1 aliphatic carbocycles. The molecule has 1 aliphatic heterocycles. The Hall–Kier alpha value is -1.45. The Morgan fingerprint density at radius 1 is 1.33 bits per heavy atom. The highest BCUT2D eigenvalue weighted by atomic mass is 16.2. The Balaban J connectivity index is 1.80. The molecule has 1 amide bonds. The molecule has 1 saturated carbocycles. The summed E-state index contributed by atoms with van der Waals surface area (Å²) in [6.45, 7) is 2.79. The van der Waals surface area contributed by atoms with Crippen molar-refractivity contribution >= 4 is 5.91 Å². The molecule has 2 fully saturated rings. The van der Waals surface area contributed by atoms with E-state index in [4.69, 9.17) is 0 Å². The van der Waals surface area contributed by atoms with E-state index >= 15 is 0 Å². The van der Waals surface area contributed by atoms with Crippen LogP contribution < -0.4 is 0 Å². The third-order valence-electron chi connectivity index (χ3n) is 4.13. The van der Waals surface area contributed by atoms with Crippen molar-refractivity contribution in [2.24, 2.45) is 5.92 Å². The first-order chi connectivity index (χ1) is 8.75. The van der Waals surface area contributed by atoms with Crippen LogP contribution in [-0.2, 0) is 4.79 Å². The Morgan fingerprint density at radius 2 is 2.17 bits per heavy atom. The zero-order chi connectivity index (χ0) is 12.5. The first-order valence-electron chi connectivity index (χ1n) is 6.86. The largest absolute Gasteiger partial charge is 0.334 e. The maximum atomic E-state index is 12.4. The van der Waals surface area contributed by atoms with E-state index in [1.165, 1.54) is 6.42 Å². The van der Waals surface area contributed by atoms with Gasteiger partial charge in [0.05, 0.1) is 11.7 Å². The Bertz CT molecular complexity index is 456. The monoisotopic (exact) mass is 245 g/mol. The SMILES string of the molecule is Cc1nccc([C@@H]2CCCN2C(=O)C2CCC2)n1. The molecule has 0 unspecified atom stereocenters. The predicted octanol–water partition coefficient (Wildman–Crippen LogP) is 2.25. The first-order valence-corrected chi connectivity index (χ1v) is 6.86. The highest BCUT2D eigenvalue weighted by Gasteiger charge is 2.36. The highest BCUT2D eigenvalue weighted by Crippen LogP contribution is 2.36. The number of likely N-dealkylation sites (tertiary alicyclic amines) is 1. The molecule has 0 N–H and O–H groups in total. The second-order valence-corrected chi connectivity index (χ2v) is 5.35. The van der Waals surface area contributed by atoms with Gasteiger partial charge in [-0.25, -0.2) is 9.97 Å². The van der Waals surface area contributed by atoms with E-state index in [9.17, 15) is 4.79 Å². The van der Waals surface area contributed by atoms with Crippen LogP contribution in [0.1, 0.15) is 49.7 Å². The number of hydrogen-bond acceptors (Lipinski definition) is 3. The first kappa shape index (κ1) is 11.6. The summed E-state index contributed by atoms with van der Waals surface area (Å²) < 4.78 is 0. The Morgan fingerprint density at radius 3 is 2.83 bits per heavy atom. The van der Waals surface area contributed by atoms with Crippen LogP contribution in [0.25, 0.3) is 0 Å². The fraction of sp³-hybridized carbons (Fsp3) is 0.643. The van der Waals surface area contributed by atoms with Crippen molar-refractivity contribution in [3.05, 3.63) is 23.8 Å². The van der Waals surface area contributed by atoms with Crippen LogP contribution in [0.15, 0.2) is 12.3 Å². The van der Waals surface area contributed by atoms with Crippen molar-refractivity contribution in [2.75, 3.05) is 6.54 Å². The van der Waals surface area contributed by atoms with Gasteiger partial charge >= 0.3 is 0 Å². The molecule has 0 bridgehead atoms. The minimum absolute atomic E-state index is 0.180. The average Bonchev–Trinajstić information content (AvgIpc) is 2.75. The number of amides is 1. The molecular formula is C14H19N3O. The van der Waals surface area contributed by atoms with Crippen molar-refractivity contribution in [3.63, 3.8) is 0 Å². The van der Waals surface area contributed by atoms with Crippen LogP contribution in [0.4, 0.5) is 0 Å². The van der Waals surface area contributed by atoms with Gasteiger partial charge in [-0.3, -0.25) is 4.79 Å². The Labute approximate surface area is 107 Å². The molecule has 1 atom stereocenters. The fourth-order valence-corrected chi connectivity index (χ4v) is 2.89. The number of aromatic nitrogens is 2. The quantitative estimate of drug-likeness (QED) is 0.802. The number of rotatable bonds is 2. The number of carbonyl (C=O) groups is 1. The molecule has 96 valence electrons. The van der Waals surface area contributed by atoms with Crippen molar-refractivity contribution in [2.45, 2.75) is 45.1 Å². The van der Waals surface area contributed by atoms with Gasteiger partial charge in [-0.2, -0.15) is 0 Å². The van der Waals surface area contributed by atoms with Gasteiger partial charge in [0.2, 0.25) is 5.91 Å². The maximum absolute atomic E-state index is 12.4. The van der Waals surface area contributed by atoms with E-state index in [-0.39, 0.29) is 12.0 Å². The van der Waals surface area contributed by atoms with Crippen LogP contribution in [-0.4, -0.2) is 27.3 Å². The maximum Gasteiger partial charge on any atom is 0.226 e. The van der Waals surface area contributed by atoms with Gasteiger partial charge in [0, 0.05) is 18.7 Å². The molecule has 0 radical (unpaired) electrons. The van der Waals surface area contributed by atoms with Crippen LogP contribution in [0.3, 0.4) is 0 Å². The highest BCUT2D eigenvalue weighted by molar-refractivity contribution is 5.80. The molecule has 18 heavy (non-hydrogen) atoms. The summed E-state index contributed by atoms with van der Waals surface area (Å²) in [5.74, 6) is 1.42. The lowest BCUT2D eigenvalue weighted by Gasteiger charge is -2.32. The summed E-state index contributed by atoms with van der Waals surface area (Å²) in [4.78, 5) is 23.0. The zero-order valence-corrected chi connectivity index (χ0v) is 10.8. The molecule has 2 heterocycles. The molecule has 2 aliphatic rings. The van der Waals surface area contributed by atoms with Crippen LogP contribution in [0, 0.1) is 12.8 Å². The topological polar surface area (TPSA) is 46.1 Å². The smallest absolute Gasteiger partial charge is 0.226 e. The summed E-state index contributed by atoms with van der Waals surface area (Å²) in [5, 5.41) is 0. The van der Waals surface area contributed by atoms with Gasteiger partial charge in [-0.15, -0.1) is 0 Å². The third kappa shape index (κ3) is 2.00. The molecular weight excluding hydrogens is 226 g/mol. The minimum Gasteiger partial charge on any atom is -0.334 e. The standard InChI is InChI=1S/C14H19N3O/c1-10-15-8-7-12(16-10)13-6-3-9-17(13)14(18)11-4-2-5-11/h7-8,11,13H,2-6,9H2,1H3/t13-/m0/s1. The van der Waals surface area contributed by atoms with Crippen molar-refractivity contribution < 1.29 is 4.79 Å². The van der Waals surface area contributed by atoms with Gasteiger partial charge in [-0.05, 0) is 38.7 Å². The van der Waals surface area contributed by atoms with E-state index in [2.05, 4.69) is 9.97 Å². The van der Waals surface area contributed by atoms with Crippen LogP contribution >= 0.6 is 0 Å². The molecule has 0 aromatic carbocycles. The molecule has 1 saturated heterocycles. The van der Waals surface area contributed by atoms with E-state index in [1.807, 2.05) is 17.9 Å². The number of carbonyl (C=O) groups excluding carboxylic acids is 1. The van der Waals surface area contributed by atoms with Gasteiger partial charge in [-0.1, -0.05) is 6.42 Å². The van der Waals surface area contributed by atoms with Gasteiger partial charge in [0.25, 0.3) is 0 Å². The summed E-state index contributed by atoms with van der Waals surface area (Å²) in [7, 11) is 0. The number of nitrogens with zero attached hydrogens (tertiary/aromatic N) is 3. The minimum atomic E-state index is 0.180. The van der Waals surface area contributed by atoms with Gasteiger partial charge < -0.3 is 4.90 Å². The lowest BCUT2D eigenvalue weighted by atomic mass is 9.84. The fourth-order valence-electron chi connectivity index (χ4n) is 2.89. The second-order valence-electron chi connectivity index (χ2n) is 5.35. The predicted molar refractivity (Wildman–Crippen MR) is 67.8 cm³/mol. The summed E-state index contributed by atoms with van der Waals surface area (Å²) in [6.07, 6.45) is 7.28. The lowest BCUT2D eigenvalue weighted by Crippen LogP contribution is -2.38. The normalized spacial score (nSPS) is 24.1.